The highest BCUT2D eigenvalue weighted by Gasteiger charge is 2.00. The summed E-state index contributed by atoms with van der Waals surface area (Å²) >= 11 is 0. The van der Waals surface area contributed by atoms with Gasteiger partial charge in [-0.3, -0.25) is 4.79 Å². The highest BCUT2D eigenvalue weighted by atomic mass is 16.5. The number of alkyl carbamates (subject to hydrolysis) is 1. The predicted molar refractivity (Wildman–Crippen MR) is 76.4 cm³/mol. The Morgan fingerprint density at radius 2 is 2.05 bits per heavy atom. The summed E-state index contributed by atoms with van der Waals surface area (Å²) in [5.41, 5.74) is 1.05. The summed E-state index contributed by atoms with van der Waals surface area (Å²) in [7, 11) is 0. The maximum absolute atomic E-state index is 11.4. The quantitative estimate of drug-likeness (QED) is 0.825. The summed E-state index contributed by atoms with van der Waals surface area (Å²) in [4.78, 5) is 22.2. The topological polar surface area (TPSA) is 84.1 Å². The molecule has 1 aromatic carbocycles. The lowest BCUT2D eigenvalue weighted by Crippen LogP contribution is -2.24. The van der Waals surface area contributed by atoms with Gasteiger partial charge in [0.15, 0.2) is 0 Å². The second-order valence-electron chi connectivity index (χ2n) is 4.02. The minimum absolute atomic E-state index is 0.133. The first-order valence-electron chi connectivity index (χ1n) is 6.23. The third-order valence-electron chi connectivity index (χ3n) is 2.43. The van der Waals surface area contributed by atoms with Crippen molar-refractivity contribution in [1.29, 1.82) is 0 Å². The fourth-order valence-corrected chi connectivity index (χ4v) is 1.44. The van der Waals surface area contributed by atoms with Gasteiger partial charge in [0.05, 0.1) is 6.54 Å². The van der Waals surface area contributed by atoms with E-state index in [1.165, 1.54) is 12.1 Å². The molecule has 0 unspecified atom stereocenters. The molecule has 1 aromatic heterocycles. The largest absolute Gasteiger partial charge is 0.445 e. The van der Waals surface area contributed by atoms with Crippen LogP contribution in [0.2, 0.25) is 0 Å². The fraction of sp³-hybridized carbons (Fsp3) is 0.133. The van der Waals surface area contributed by atoms with Gasteiger partial charge in [0, 0.05) is 6.07 Å². The molecule has 6 nitrogen and oxygen atoms in total. The van der Waals surface area contributed by atoms with Crippen molar-refractivity contribution in [1.82, 2.24) is 15.5 Å². The lowest BCUT2D eigenvalue weighted by atomic mass is 10.2. The Bertz CT molecular complexity index is 694. The first-order valence-corrected chi connectivity index (χ1v) is 6.23. The maximum atomic E-state index is 11.4. The van der Waals surface area contributed by atoms with Gasteiger partial charge >= 0.3 is 6.09 Å². The van der Waals surface area contributed by atoms with Gasteiger partial charge in [-0.15, -0.1) is 0 Å². The second-order valence-corrected chi connectivity index (χ2v) is 4.02. The first kappa shape index (κ1) is 14.3. The van der Waals surface area contributed by atoms with Crippen molar-refractivity contribution in [2.24, 2.45) is 0 Å². The number of hydrogen-bond acceptors (Lipinski definition) is 4. The number of carbonyl (C=O) groups excluding carboxylic acids is 1. The predicted octanol–water partition coefficient (Wildman–Crippen LogP) is 1.05. The van der Waals surface area contributed by atoms with Crippen LogP contribution in [-0.2, 0) is 11.3 Å². The third kappa shape index (κ3) is 5.20. The van der Waals surface area contributed by atoms with Crippen molar-refractivity contribution in [2.45, 2.75) is 6.61 Å². The van der Waals surface area contributed by atoms with E-state index in [0.29, 0.717) is 5.69 Å². The minimum Gasteiger partial charge on any atom is -0.445 e. The highest BCUT2D eigenvalue weighted by molar-refractivity contribution is 5.67. The Morgan fingerprint density at radius 3 is 2.76 bits per heavy atom. The summed E-state index contributed by atoms with van der Waals surface area (Å²) in [6.07, 6.45) is -0.539. The van der Waals surface area contributed by atoms with Crippen LogP contribution in [0.15, 0.2) is 47.3 Å². The minimum atomic E-state index is -0.539. The van der Waals surface area contributed by atoms with Gasteiger partial charge in [-0.05, 0) is 17.6 Å². The van der Waals surface area contributed by atoms with Gasteiger partial charge in [0.25, 0.3) is 5.56 Å². The van der Waals surface area contributed by atoms with E-state index in [1.54, 1.807) is 0 Å². The Morgan fingerprint density at radius 1 is 1.24 bits per heavy atom. The molecule has 0 bridgehead atoms. The molecule has 0 saturated heterocycles. The van der Waals surface area contributed by atoms with Crippen LogP contribution in [0.25, 0.3) is 0 Å². The molecule has 0 fully saturated rings. The molecule has 0 saturated carbocycles. The molecule has 106 valence electrons. The van der Waals surface area contributed by atoms with Crippen LogP contribution in [0.1, 0.15) is 11.3 Å². The van der Waals surface area contributed by atoms with E-state index in [9.17, 15) is 9.59 Å². The van der Waals surface area contributed by atoms with Crippen LogP contribution in [-0.4, -0.2) is 22.8 Å². The summed E-state index contributed by atoms with van der Waals surface area (Å²) in [6.45, 7) is 0.343. The Hall–Kier alpha value is -3.07. The van der Waals surface area contributed by atoms with Gasteiger partial charge in [0.2, 0.25) is 0 Å². The lowest BCUT2D eigenvalue weighted by molar-refractivity contribution is 0.141. The van der Waals surface area contributed by atoms with E-state index < -0.39 is 6.09 Å². The zero-order valence-electron chi connectivity index (χ0n) is 11.1. The van der Waals surface area contributed by atoms with Crippen molar-refractivity contribution in [2.75, 3.05) is 6.54 Å². The van der Waals surface area contributed by atoms with Gasteiger partial charge in [0.1, 0.15) is 12.3 Å². The smallest absolute Gasteiger partial charge is 0.408 e. The molecule has 0 aliphatic carbocycles. The van der Waals surface area contributed by atoms with E-state index in [-0.39, 0.29) is 18.7 Å². The summed E-state index contributed by atoms with van der Waals surface area (Å²) in [5.74, 6) is 5.40. The van der Waals surface area contributed by atoms with Crippen molar-refractivity contribution >= 4 is 6.09 Å². The molecule has 1 heterocycles. The van der Waals surface area contributed by atoms with Crippen LogP contribution in [0.5, 0.6) is 0 Å². The van der Waals surface area contributed by atoms with Gasteiger partial charge in [-0.1, -0.05) is 36.3 Å². The van der Waals surface area contributed by atoms with Crippen LogP contribution in [0.3, 0.4) is 0 Å². The summed E-state index contributed by atoms with van der Waals surface area (Å²) in [5, 5.41) is 8.48. The maximum Gasteiger partial charge on any atom is 0.408 e. The molecule has 2 aromatic rings. The number of H-pyrrole nitrogens is 1. The SMILES string of the molecule is O=C(NCC#Cc1ccc(=O)[nH]n1)OCc1ccccc1. The molecule has 0 atom stereocenters. The Kier molecular flexibility index (Phi) is 5.12. The fourth-order valence-electron chi connectivity index (χ4n) is 1.44. The molecule has 0 aliphatic rings. The molecule has 0 spiro atoms. The molecular formula is C15H13N3O3. The zero-order valence-corrected chi connectivity index (χ0v) is 11.1. The zero-order chi connectivity index (χ0) is 14.9. The standard InChI is InChI=1S/C15H13N3O3/c19-14-9-8-13(17-18-14)7-4-10-16-15(20)21-11-12-5-2-1-3-6-12/h1-3,5-6,8-9H,10-11H2,(H,16,20)(H,18,19). The van der Waals surface area contributed by atoms with E-state index in [1.807, 2.05) is 30.3 Å². The van der Waals surface area contributed by atoms with Crippen LogP contribution in [0, 0.1) is 11.8 Å². The molecule has 2 rings (SSSR count). The highest BCUT2D eigenvalue weighted by Crippen LogP contribution is 2.00. The second kappa shape index (κ2) is 7.50. The van der Waals surface area contributed by atoms with Gasteiger partial charge in [-0.25, -0.2) is 9.89 Å². The number of hydrogen-bond donors (Lipinski definition) is 2. The van der Waals surface area contributed by atoms with E-state index >= 15 is 0 Å². The van der Waals surface area contributed by atoms with Gasteiger partial charge < -0.3 is 10.1 Å². The van der Waals surface area contributed by atoms with Crippen LogP contribution >= 0.6 is 0 Å². The molecule has 6 heteroatoms. The molecule has 0 radical (unpaired) electrons. The molecule has 21 heavy (non-hydrogen) atoms. The van der Waals surface area contributed by atoms with Crippen molar-refractivity contribution < 1.29 is 9.53 Å². The van der Waals surface area contributed by atoms with E-state index in [0.717, 1.165) is 5.56 Å². The first-order chi connectivity index (χ1) is 10.2. The van der Waals surface area contributed by atoms with Crippen molar-refractivity contribution in [3.05, 3.63) is 64.1 Å². The van der Waals surface area contributed by atoms with Crippen LogP contribution in [0.4, 0.5) is 4.79 Å². The Labute approximate surface area is 121 Å². The van der Waals surface area contributed by atoms with Crippen LogP contribution < -0.4 is 10.9 Å². The number of rotatable bonds is 3. The number of benzene rings is 1. The van der Waals surface area contributed by atoms with E-state index in [4.69, 9.17) is 4.74 Å². The average molecular weight is 283 g/mol. The molecule has 1 amide bonds. The number of amides is 1. The summed E-state index contributed by atoms with van der Waals surface area (Å²) in [6, 6.07) is 12.2. The number of nitrogens with one attached hydrogen (secondary N) is 2. The Balaban J connectivity index is 1.72. The number of ether oxygens (including phenoxy) is 1. The molecule has 2 N–H and O–H groups in total. The summed E-state index contributed by atoms with van der Waals surface area (Å²) < 4.78 is 5.02. The van der Waals surface area contributed by atoms with Gasteiger partial charge in [-0.2, -0.15) is 5.10 Å². The average Bonchev–Trinajstić information content (AvgIpc) is 2.52. The lowest BCUT2D eigenvalue weighted by Gasteiger charge is -2.04. The van der Waals surface area contributed by atoms with Crippen molar-refractivity contribution in [3.8, 4) is 11.8 Å². The monoisotopic (exact) mass is 283 g/mol. The number of aromatic nitrogens is 2. The van der Waals surface area contributed by atoms with E-state index in [2.05, 4.69) is 27.4 Å². The third-order valence-corrected chi connectivity index (χ3v) is 2.43. The van der Waals surface area contributed by atoms with Crippen molar-refractivity contribution in [3.63, 3.8) is 0 Å². The number of nitrogens with zero attached hydrogens (tertiary/aromatic N) is 1. The number of carbonyl (C=O) groups is 1. The number of aromatic amines is 1. The normalized spacial score (nSPS) is 9.33. The molecule has 0 aliphatic heterocycles. The molecular weight excluding hydrogens is 270 g/mol.